The predicted octanol–water partition coefficient (Wildman–Crippen LogP) is 2.58. The molecule has 0 aromatic heterocycles. The topological polar surface area (TPSA) is 110 Å². The monoisotopic (exact) mass is 410 g/mol. The Balaban J connectivity index is 1.63. The summed E-state index contributed by atoms with van der Waals surface area (Å²) in [6.45, 7) is 0. The molecule has 0 radical (unpaired) electrons. The third-order valence-electron chi connectivity index (χ3n) is 4.35. The lowest BCUT2D eigenvalue weighted by Crippen LogP contribution is -2.32. The number of anilines is 1. The number of hydroxylamine groups is 2. The standard InChI is InChI=1S/C20H14N2O6S/c1-29(26,27)28-22-19(24)16-10-9-13(11-17(16)20(22)25)21-18(23)15-8-4-6-12-5-2-3-7-14(12)15/h2-11H,1H3,(H,21,23). The first-order valence-corrected chi connectivity index (χ1v) is 10.3. The minimum atomic E-state index is -4.06. The van der Waals surface area contributed by atoms with Gasteiger partial charge in [-0.2, -0.15) is 8.42 Å². The molecule has 3 aromatic carbocycles. The maximum Gasteiger partial charge on any atom is 0.287 e. The number of hydrogen-bond donors (Lipinski definition) is 1. The molecule has 0 fully saturated rings. The molecule has 3 aromatic rings. The summed E-state index contributed by atoms with van der Waals surface area (Å²) >= 11 is 0. The minimum absolute atomic E-state index is 0.0122. The summed E-state index contributed by atoms with van der Waals surface area (Å²) in [5, 5.41) is 4.57. The van der Waals surface area contributed by atoms with E-state index in [0.29, 0.717) is 5.56 Å². The van der Waals surface area contributed by atoms with Crippen LogP contribution in [0.25, 0.3) is 10.8 Å². The van der Waals surface area contributed by atoms with Gasteiger partial charge in [0.1, 0.15) is 0 Å². The van der Waals surface area contributed by atoms with Crippen LogP contribution in [0, 0.1) is 0 Å². The minimum Gasteiger partial charge on any atom is -0.322 e. The summed E-state index contributed by atoms with van der Waals surface area (Å²) in [5.41, 5.74) is 0.660. The summed E-state index contributed by atoms with van der Waals surface area (Å²) in [7, 11) is -4.06. The first-order valence-electron chi connectivity index (χ1n) is 8.46. The Kier molecular flexibility index (Phi) is 4.40. The van der Waals surface area contributed by atoms with Gasteiger partial charge >= 0.3 is 0 Å². The molecule has 0 aliphatic carbocycles. The lowest BCUT2D eigenvalue weighted by molar-refractivity contribution is -0.00980. The molecule has 3 amide bonds. The van der Waals surface area contributed by atoms with Crippen molar-refractivity contribution in [2.75, 3.05) is 11.6 Å². The van der Waals surface area contributed by atoms with Crippen molar-refractivity contribution in [2.24, 2.45) is 0 Å². The van der Waals surface area contributed by atoms with E-state index in [9.17, 15) is 22.8 Å². The van der Waals surface area contributed by atoms with Gasteiger partial charge in [0.05, 0.1) is 17.4 Å². The van der Waals surface area contributed by atoms with Crippen molar-refractivity contribution in [3.63, 3.8) is 0 Å². The lowest BCUT2D eigenvalue weighted by atomic mass is 10.0. The van der Waals surface area contributed by atoms with Gasteiger partial charge in [-0.15, -0.1) is 9.35 Å². The van der Waals surface area contributed by atoms with E-state index < -0.39 is 21.9 Å². The van der Waals surface area contributed by atoms with E-state index in [1.54, 1.807) is 12.1 Å². The predicted molar refractivity (Wildman–Crippen MR) is 105 cm³/mol. The second-order valence-electron chi connectivity index (χ2n) is 6.42. The third kappa shape index (κ3) is 3.48. The van der Waals surface area contributed by atoms with Crippen LogP contribution in [0.4, 0.5) is 5.69 Å². The largest absolute Gasteiger partial charge is 0.322 e. The highest BCUT2D eigenvalue weighted by Crippen LogP contribution is 2.27. The van der Waals surface area contributed by atoms with Crippen LogP contribution in [0.2, 0.25) is 0 Å². The number of fused-ring (bicyclic) bond motifs is 2. The highest BCUT2D eigenvalue weighted by atomic mass is 32.2. The molecule has 0 saturated carbocycles. The number of nitrogens with zero attached hydrogens (tertiary/aromatic N) is 1. The molecule has 8 nitrogen and oxygen atoms in total. The molecule has 1 aliphatic heterocycles. The van der Waals surface area contributed by atoms with Crippen molar-refractivity contribution in [3.8, 4) is 0 Å². The fourth-order valence-electron chi connectivity index (χ4n) is 3.12. The average molecular weight is 410 g/mol. The van der Waals surface area contributed by atoms with Crippen molar-refractivity contribution in [3.05, 3.63) is 77.4 Å². The number of nitrogens with one attached hydrogen (secondary N) is 1. The second kappa shape index (κ2) is 6.80. The number of amides is 3. The Labute approximate surface area is 165 Å². The number of carbonyl (C=O) groups is 3. The molecule has 0 atom stereocenters. The highest BCUT2D eigenvalue weighted by molar-refractivity contribution is 7.85. The molecule has 29 heavy (non-hydrogen) atoms. The van der Waals surface area contributed by atoms with E-state index in [1.807, 2.05) is 30.3 Å². The Morgan fingerprint density at radius 1 is 0.931 bits per heavy atom. The zero-order chi connectivity index (χ0) is 20.8. The van der Waals surface area contributed by atoms with Crippen LogP contribution in [-0.2, 0) is 14.4 Å². The van der Waals surface area contributed by atoms with Gasteiger partial charge in [0, 0.05) is 11.3 Å². The Bertz CT molecular complexity index is 1290. The van der Waals surface area contributed by atoms with Gasteiger partial charge in [-0.3, -0.25) is 14.4 Å². The van der Waals surface area contributed by atoms with Crippen LogP contribution in [0.1, 0.15) is 31.1 Å². The maximum atomic E-state index is 12.7. The summed E-state index contributed by atoms with van der Waals surface area (Å²) in [6, 6.07) is 16.9. The smallest absolute Gasteiger partial charge is 0.287 e. The van der Waals surface area contributed by atoms with Crippen molar-refractivity contribution in [2.45, 2.75) is 0 Å². The van der Waals surface area contributed by atoms with Crippen molar-refractivity contribution in [1.82, 2.24) is 5.06 Å². The molecular formula is C20H14N2O6S. The van der Waals surface area contributed by atoms with Gasteiger partial charge in [0.2, 0.25) is 0 Å². The molecule has 0 unspecified atom stereocenters. The van der Waals surface area contributed by atoms with Gasteiger partial charge in [0.15, 0.2) is 0 Å². The van der Waals surface area contributed by atoms with Crippen molar-refractivity contribution >= 4 is 44.3 Å². The van der Waals surface area contributed by atoms with Crippen LogP contribution in [-0.4, -0.2) is 37.5 Å². The average Bonchev–Trinajstić information content (AvgIpc) is 2.91. The van der Waals surface area contributed by atoms with Gasteiger partial charge in [-0.25, -0.2) is 0 Å². The first kappa shape index (κ1) is 18.8. The number of benzene rings is 3. The number of carbonyl (C=O) groups excluding carboxylic acids is 3. The summed E-state index contributed by atoms with van der Waals surface area (Å²) in [6.07, 6.45) is 0.729. The van der Waals surface area contributed by atoms with Crippen molar-refractivity contribution in [1.29, 1.82) is 0 Å². The van der Waals surface area contributed by atoms with Crippen LogP contribution in [0.5, 0.6) is 0 Å². The molecule has 1 heterocycles. The number of imide groups is 1. The molecule has 1 N–H and O–H groups in total. The summed E-state index contributed by atoms with van der Waals surface area (Å²) in [4.78, 5) is 37.3. The normalized spacial score (nSPS) is 13.6. The summed E-state index contributed by atoms with van der Waals surface area (Å²) < 4.78 is 27.0. The number of hydrogen-bond acceptors (Lipinski definition) is 6. The van der Waals surface area contributed by atoms with Gasteiger partial charge in [0.25, 0.3) is 27.8 Å². The van der Waals surface area contributed by atoms with E-state index in [1.165, 1.54) is 18.2 Å². The van der Waals surface area contributed by atoms with Gasteiger partial charge < -0.3 is 5.32 Å². The molecule has 146 valence electrons. The molecule has 0 bridgehead atoms. The Hall–Kier alpha value is -3.56. The van der Waals surface area contributed by atoms with Crippen LogP contribution >= 0.6 is 0 Å². The van der Waals surface area contributed by atoms with Crippen molar-refractivity contribution < 1.29 is 27.1 Å². The highest BCUT2D eigenvalue weighted by Gasteiger charge is 2.39. The van der Waals surface area contributed by atoms with E-state index >= 15 is 0 Å². The van der Waals surface area contributed by atoms with Crippen LogP contribution in [0.3, 0.4) is 0 Å². The van der Waals surface area contributed by atoms with E-state index in [4.69, 9.17) is 0 Å². The Morgan fingerprint density at radius 2 is 1.62 bits per heavy atom. The van der Waals surface area contributed by atoms with E-state index in [0.717, 1.165) is 17.0 Å². The van der Waals surface area contributed by atoms with Gasteiger partial charge in [-0.05, 0) is 35.0 Å². The molecule has 9 heteroatoms. The second-order valence-corrected chi connectivity index (χ2v) is 7.98. The van der Waals surface area contributed by atoms with E-state index in [2.05, 4.69) is 9.60 Å². The molecular weight excluding hydrogens is 396 g/mol. The summed E-state index contributed by atoms with van der Waals surface area (Å²) in [5.74, 6) is -2.19. The molecule has 0 saturated heterocycles. The first-order chi connectivity index (χ1) is 13.7. The molecule has 1 aliphatic rings. The fourth-order valence-corrected chi connectivity index (χ4v) is 3.53. The number of rotatable bonds is 4. The Morgan fingerprint density at radius 3 is 2.38 bits per heavy atom. The quantitative estimate of drug-likeness (QED) is 0.662. The van der Waals surface area contributed by atoms with Crippen LogP contribution < -0.4 is 5.32 Å². The fraction of sp³-hybridized carbons (Fsp3) is 0.0500. The zero-order valence-electron chi connectivity index (χ0n) is 15.1. The van der Waals surface area contributed by atoms with E-state index in [-0.39, 0.29) is 27.8 Å². The third-order valence-corrected chi connectivity index (χ3v) is 4.77. The van der Waals surface area contributed by atoms with Crippen LogP contribution in [0.15, 0.2) is 60.7 Å². The maximum absolute atomic E-state index is 12.7. The molecule has 4 rings (SSSR count). The molecule has 0 spiro atoms. The lowest BCUT2D eigenvalue weighted by Gasteiger charge is -2.10. The SMILES string of the molecule is CS(=O)(=O)ON1C(=O)c2ccc(NC(=O)c3cccc4ccccc34)cc2C1=O. The zero-order valence-corrected chi connectivity index (χ0v) is 15.9. The van der Waals surface area contributed by atoms with Gasteiger partial charge in [-0.1, -0.05) is 36.4 Å².